The molecule has 1 atom stereocenters. The summed E-state index contributed by atoms with van der Waals surface area (Å²) >= 11 is 0. The van der Waals surface area contributed by atoms with Gasteiger partial charge in [0.25, 0.3) is 0 Å². The van der Waals surface area contributed by atoms with Gasteiger partial charge < -0.3 is 20.1 Å². The van der Waals surface area contributed by atoms with Crippen LogP contribution in [0.25, 0.3) is 0 Å². The second kappa shape index (κ2) is 6.80. The van der Waals surface area contributed by atoms with Gasteiger partial charge in [-0.15, -0.1) is 0 Å². The van der Waals surface area contributed by atoms with Crippen LogP contribution in [0.2, 0.25) is 0 Å². The molecule has 1 aromatic rings. The highest BCUT2D eigenvalue weighted by Gasteiger charge is 2.18. The standard InChI is InChI=1S/C16H24N2O3/c1-16(2,3)21-15(19)17-8-9-20-13-10-12-6-4-5-7-14(12)18-11-13/h4-7,13,18H,8-11H2,1-3H3,(H,17,19). The highest BCUT2D eigenvalue weighted by Crippen LogP contribution is 2.22. The fraction of sp³-hybridized carbons (Fsp3) is 0.562. The van der Waals surface area contributed by atoms with Crippen LogP contribution in [0.15, 0.2) is 24.3 Å². The minimum atomic E-state index is -0.470. The lowest BCUT2D eigenvalue weighted by Gasteiger charge is -2.26. The Kier molecular flexibility index (Phi) is 5.07. The molecule has 0 aromatic heterocycles. The zero-order valence-corrected chi connectivity index (χ0v) is 12.9. The van der Waals surface area contributed by atoms with E-state index in [4.69, 9.17) is 9.47 Å². The maximum Gasteiger partial charge on any atom is 0.407 e. The summed E-state index contributed by atoms with van der Waals surface area (Å²) in [6.45, 7) is 7.25. The number of benzene rings is 1. The number of amides is 1. The summed E-state index contributed by atoms with van der Waals surface area (Å²) in [4.78, 5) is 11.5. The van der Waals surface area contributed by atoms with Gasteiger partial charge in [-0.2, -0.15) is 0 Å². The van der Waals surface area contributed by atoms with Crippen LogP contribution >= 0.6 is 0 Å². The van der Waals surface area contributed by atoms with Crippen molar-refractivity contribution in [2.75, 3.05) is 25.0 Å². The molecule has 5 heteroatoms. The molecule has 1 heterocycles. The topological polar surface area (TPSA) is 59.6 Å². The van der Waals surface area contributed by atoms with Gasteiger partial charge in [0.15, 0.2) is 0 Å². The van der Waals surface area contributed by atoms with Crippen LogP contribution in [0, 0.1) is 0 Å². The van der Waals surface area contributed by atoms with Crippen molar-refractivity contribution in [1.82, 2.24) is 5.32 Å². The van der Waals surface area contributed by atoms with Gasteiger partial charge >= 0.3 is 6.09 Å². The van der Waals surface area contributed by atoms with Gasteiger partial charge in [0.2, 0.25) is 0 Å². The largest absolute Gasteiger partial charge is 0.444 e. The van der Waals surface area contributed by atoms with Crippen molar-refractivity contribution in [3.8, 4) is 0 Å². The molecule has 0 fully saturated rings. The minimum Gasteiger partial charge on any atom is -0.444 e. The monoisotopic (exact) mass is 292 g/mol. The maximum absolute atomic E-state index is 11.5. The molecular formula is C16H24N2O3. The summed E-state index contributed by atoms with van der Waals surface area (Å²) in [6.07, 6.45) is 0.633. The predicted octanol–water partition coefficient (Wildman–Crippen LogP) is 2.56. The van der Waals surface area contributed by atoms with Crippen LogP contribution in [0.3, 0.4) is 0 Å². The van der Waals surface area contributed by atoms with Gasteiger partial charge in [-0.1, -0.05) is 18.2 Å². The second-order valence-corrected chi connectivity index (χ2v) is 6.16. The third-order valence-electron chi connectivity index (χ3n) is 3.11. The fourth-order valence-corrected chi connectivity index (χ4v) is 2.22. The third-order valence-corrected chi connectivity index (χ3v) is 3.11. The molecule has 0 radical (unpaired) electrons. The lowest BCUT2D eigenvalue weighted by molar-refractivity contribution is 0.0418. The van der Waals surface area contributed by atoms with Crippen molar-refractivity contribution < 1.29 is 14.3 Å². The first kappa shape index (κ1) is 15.6. The summed E-state index contributed by atoms with van der Waals surface area (Å²) in [5.74, 6) is 0. The van der Waals surface area contributed by atoms with Crippen molar-refractivity contribution in [1.29, 1.82) is 0 Å². The van der Waals surface area contributed by atoms with Crippen molar-refractivity contribution in [3.05, 3.63) is 29.8 Å². The summed E-state index contributed by atoms with van der Waals surface area (Å²) < 4.78 is 10.9. The molecule has 0 aliphatic carbocycles. The van der Waals surface area contributed by atoms with Gasteiger partial charge in [-0.3, -0.25) is 0 Å². The van der Waals surface area contributed by atoms with E-state index in [0.717, 1.165) is 13.0 Å². The van der Waals surface area contributed by atoms with Gasteiger partial charge in [-0.25, -0.2) is 4.79 Å². The van der Waals surface area contributed by atoms with E-state index in [1.165, 1.54) is 11.3 Å². The number of para-hydroxylation sites is 1. The Morgan fingerprint density at radius 2 is 2.14 bits per heavy atom. The molecule has 0 bridgehead atoms. The Labute approximate surface area is 126 Å². The molecule has 116 valence electrons. The number of hydrogen-bond acceptors (Lipinski definition) is 4. The third kappa shape index (κ3) is 5.27. The molecule has 5 nitrogen and oxygen atoms in total. The number of fused-ring (bicyclic) bond motifs is 1. The molecule has 0 spiro atoms. The molecule has 1 amide bonds. The molecule has 1 aromatic carbocycles. The van der Waals surface area contributed by atoms with Crippen LogP contribution in [0.4, 0.5) is 10.5 Å². The van der Waals surface area contributed by atoms with Crippen molar-refractivity contribution in [2.45, 2.75) is 38.9 Å². The first-order valence-corrected chi connectivity index (χ1v) is 7.34. The van der Waals surface area contributed by atoms with Crippen molar-refractivity contribution >= 4 is 11.8 Å². The molecule has 2 N–H and O–H groups in total. The summed E-state index contributed by atoms with van der Waals surface area (Å²) in [6, 6.07) is 8.25. The predicted molar refractivity (Wildman–Crippen MR) is 82.6 cm³/mol. The average molecular weight is 292 g/mol. The highest BCUT2D eigenvalue weighted by molar-refractivity contribution is 5.67. The van der Waals surface area contributed by atoms with E-state index in [1.807, 2.05) is 32.9 Å². The zero-order valence-electron chi connectivity index (χ0n) is 12.9. The average Bonchev–Trinajstić information content (AvgIpc) is 2.41. The zero-order chi connectivity index (χ0) is 15.3. The first-order chi connectivity index (χ1) is 9.94. The normalized spacial score (nSPS) is 17.6. The van der Waals surface area contributed by atoms with E-state index in [9.17, 15) is 4.79 Å². The van der Waals surface area contributed by atoms with Crippen LogP contribution < -0.4 is 10.6 Å². The number of hydrogen-bond donors (Lipinski definition) is 2. The lowest BCUT2D eigenvalue weighted by atomic mass is 10.0. The Balaban J connectivity index is 1.65. The van der Waals surface area contributed by atoms with Crippen LogP contribution in [0.5, 0.6) is 0 Å². The van der Waals surface area contributed by atoms with Crippen molar-refractivity contribution in [3.63, 3.8) is 0 Å². The van der Waals surface area contributed by atoms with Gasteiger partial charge in [-0.05, 0) is 32.4 Å². The SMILES string of the molecule is CC(C)(C)OC(=O)NCCOC1CNc2ccccc2C1. The van der Waals surface area contributed by atoms with E-state index >= 15 is 0 Å². The molecule has 0 saturated carbocycles. The van der Waals surface area contributed by atoms with Crippen LogP contribution in [-0.2, 0) is 15.9 Å². The molecule has 1 aliphatic heterocycles. The Morgan fingerprint density at radius 1 is 1.38 bits per heavy atom. The lowest BCUT2D eigenvalue weighted by Crippen LogP contribution is -2.36. The van der Waals surface area contributed by atoms with E-state index in [1.54, 1.807) is 0 Å². The van der Waals surface area contributed by atoms with E-state index < -0.39 is 11.7 Å². The summed E-state index contributed by atoms with van der Waals surface area (Å²) in [5.41, 5.74) is 1.99. The number of nitrogens with one attached hydrogen (secondary N) is 2. The molecule has 1 unspecified atom stereocenters. The van der Waals surface area contributed by atoms with Crippen LogP contribution in [0.1, 0.15) is 26.3 Å². The number of rotatable bonds is 4. The highest BCUT2D eigenvalue weighted by atomic mass is 16.6. The Bertz CT molecular complexity index is 483. The Hall–Kier alpha value is -1.75. The van der Waals surface area contributed by atoms with Gasteiger partial charge in [0.05, 0.1) is 12.7 Å². The first-order valence-electron chi connectivity index (χ1n) is 7.34. The quantitative estimate of drug-likeness (QED) is 0.837. The number of ether oxygens (including phenoxy) is 2. The summed E-state index contributed by atoms with van der Waals surface area (Å²) in [7, 11) is 0. The molecule has 0 saturated heterocycles. The minimum absolute atomic E-state index is 0.139. The molecule has 2 rings (SSSR count). The summed E-state index contributed by atoms with van der Waals surface area (Å²) in [5, 5.41) is 6.05. The van der Waals surface area contributed by atoms with Gasteiger partial charge in [0, 0.05) is 25.2 Å². The van der Waals surface area contributed by atoms with E-state index in [-0.39, 0.29) is 6.10 Å². The molecular weight excluding hydrogens is 268 g/mol. The number of alkyl carbamates (subject to hydrolysis) is 1. The second-order valence-electron chi connectivity index (χ2n) is 6.16. The smallest absolute Gasteiger partial charge is 0.407 e. The number of anilines is 1. The van der Waals surface area contributed by atoms with Crippen molar-refractivity contribution in [2.24, 2.45) is 0 Å². The van der Waals surface area contributed by atoms with E-state index in [2.05, 4.69) is 22.8 Å². The molecule has 1 aliphatic rings. The number of carbonyl (C=O) groups excluding carboxylic acids is 1. The molecule has 21 heavy (non-hydrogen) atoms. The van der Waals surface area contributed by atoms with Crippen LogP contribution in [-0.4, -0.2) is 37.5 Å². The van der Waals surface area contributed by atoms with Gasteiger partial charge in [0.1, 0.15) is 5.60 Å². The maximum atomic E-state index is 11.5. The fourth-order valence-electron chi connectivity index (χ4n) is 2.22. The number of carbonyl (C=O) groups is 1. The van der Waals surface area contributed by atoms with E-state index in [0.29, 0.717) is 13.2 Å². The Morgan fingerprint density at radius 3 is 2.90 bits per heavy atom.